The maximum absolute atomic E-state index is 10.7. The van der Waals surface area contributed by atoms with E-state index in [9.17, 15) is 5.11 Å². The van der Waals surface area contributed by atoms with Crippen molar-refractivity contribution in [3.63, 3.8) is 0 Å². The van der Waals surface area contributed by atoms with E-state index in [0.717, 1.165) is 11.3 Å². The molecule has 100 valence electrons. The molecule has 1 fully saturated rings. The van der Waals surface area contributed by atoms with Gasteiger partial charge in [-0.3, -0.25) is 0 Å². The summed E-state index contributed by atoms with van der Waals surface area (Å²) in [5, 5.41) is 10.7. The molecule has 1 aliphatic heterocycles. The van der Waals surface area contributed by atoms with Gasteiger partial charge in [-0.1, -0.05) is 12.1 Å². The molecule has 0 aromatic heterocycles. The molecule has 2 atom stereocenters. The minimum Gasteiger partial charge on any atom is -0.491 e. The number of benzene rings is 1. The lowest BCUT2D eigenvalue weighted by atomic mass is 9.84. The first kappa shape index (κ1) is 13.4. The average molecular weight is 250 g/mol. The van der Waals surface area contributed by atoms with Gasteiger partial charge in [0.15, 0.2) is 0 Å². The molecule has 1 heterocycles. The first-order valence-corrected chi connectivity index (χ1v) is 6.61. The van der Waals surface area contributed by atoms with Gasteiger partial charge in [0.1, 0.15) is 5.75 Å². The van der Waals surface area contributed by atoms with E-state index in [1.54, 1.807) is 0 Å². The number of hydrogen-bond donors (Lipinski definition) is 1. The summed E-state index contributed by atoms with van der Waals surface area (Å²) in [6, 6.07) is 7.76. The highest BCUT2D eigenvalue weighted by Gasteiger charge is 2.34. The highest BCUT2D eigenvalue weighted by atomic mass is 16.5. The summed E-state index contributed by atoms with van der Waals surface area (Å²) in [7, 11) is 0. The van der Waals surface area contributed by atoms with Gasteiger partial charge in [-0.25, -0.2) is 0 Å². The molecular weight excluding hydrogens is 228 g/mol. The normalized spacial score (nSPS) is 28.4. The summed E-state index contributed by atoms with van der Waals surface area (Å²) in [6.45, 7) is 6.62. The minimum atomic E-state index is -0.756. The molecule has 0 aliphatic carbocycles. The van der Waals surface area contributed by atoms with E-state index < -0.39 is 5.60 Å². The number of ether oxygens (including phenoxy) is 2. The van der Waals surface area contributed by atoms with E-state index in [1.165, 1.54) is 0 Å². The van der Waals surface area contributed by atoms with Crippen molar-refractivity contribution in [2.24, 2.45) is 0 Å². The maximum atomic E-state index is 10.7. The van der Waals surface area contributed by atoms with Crippen LogP contribution in [0.5, 0.6) is 5.75 Å². The Bertz CT molecular complexity index is 385. The highest BCUT2D eigenvalue weighted by Crippen LogP contribution is 2.35. The predicted octanol–water partition coefficient (Wildman–Crippen LogP) is 2.86. The Kier molecular flexibility index (Phi) is 3.93. The average Bonchev–Trinajstić information content (AvgIpc) is 2.28. The molecule has 3 nitrogen and oxygen atoms in total. The largest absolute Gasteiger partial charge is 0.491 e. The SMILES string of the molecule is CC(C)Oc1ccc(C2(O)CCOC(C)C2)cc1. The molecule has 1 saturated heterocycles. The minimum absolute atomic E-state index is 0.107. The van der Waals surface area contributed by atoms with Crippen LogP contribution in [-0.4, -0.2) is 23.9 Å². The summed E-state index contributed by atoms with van der Waals surface area (Å²) < 4.78 is 11.1. The third-order valence-corrected chi connectivity index (χ3v) is 3.31. The van der Waals surface area contributed by atoms with Crippen LogP contribution in [0.1, 0.15) is 39.2 Å². The van der Waals surface area contributed by atoms with Crippen molar-refractivity contribution in [1.29, 1.82) is 0 Å². The number of rotatable bonds is 3. The smallest absolute Gasteiger partial charge is 0.119 e. The number of hydrogen-bond acceptors (Lipinski definition) is 3. The first-order valence-electron chi connectivity index (χ1n) is 6.61. The Labute approximate surface area is 109 Å². The monoisotopic (exact) mass is 250 g/mol. The fourth-order valence-corrected chi connectivity index (χ4v) is 2.44. The van der Waals surface area contributed by atoms with Gasteiger partial charge >= 0.3 is 0 Å². The second-order valence-corrected chi connectivity index (χ2v) is 5.36. The standard InChI is InChI=1S/C15H22O3/c1-11(2)18-14-6-4-13(5-7-14)15(16)8-9-17-12(3)10-15/h4-7,11-12,16H,8-10H2,1-3H3. The van der Waals surface area contributed by atoms with Crippen molar-refractivity contribution >= 4 is 0 Å². The summed E-state index contributed by atoms with van der Waals surface area (Å²) >= 11 is 0. The predicted molar refractivity (Wildman–Crippen MR) is 70.8 cm³/mol. The van der Waals surface area contributed by atoms with Crippen LogP contribution in [0.25, 0.3) is 0 Å². The molecule has 0 spiro atoms. The number of aliphatic hydroxyl groups is 1. The van der Waals surface area contributed by atoms with Crippen molar-refractivity contribution in [1.82, 2.24) is 0 Å². The molecule has 1 aromatic rings. The van der Waals surface area contributed by atoms with Gasteiger partial charge in [-0.15, -0.1) is 0 Å². The summed E-state index contributed by atoms with van der Waals surface area (Å²) in [6.07, 6.45) is 1.58. The zero-order valence-electron chi connectivity index (χ0n) is 11.3. The molecule has 18 heavy (non-hydrogen) atoms. The van der Waals surface area contributed by atoms with Crippen LogP contribution in [-0.2, 0) is 10.3 Å². The van der Waals surface area contributed by atoms with Gasteiger partial charge in [-0.2, -0.15) is 0 Å². The Balaban J connectivity index is 2.13. The van der Waals surface area contributed by atoms with E-state index >= 15 is 0 Å². The molecule has 1 aliphatic rings. The highest BCUT2D eigenvalue weighted by molar-refractivity contribution is 5.31. The van der Waals surface area contributed by atoms with Crippen LogP contribution in [0, 0.1) is 0 Å². The third-order valence-electron chi connectivity index (χ3n) is 3.31. The lowest BCUT2D eigenvalue weighted by Gasteiger charge is -2.36. The van der Waals surface area contributed by atoms with E-state index in [-0.39, 0.29) is 12.2 Å². The van der Waals surface area contributed by atoms with Gasteiger partial charge in [0.2, 0.25) is 0 Å². The summed E-state index contributed by atoms with van der Waals surface area (Å²) in [4.78, 5) is 0. The Morgan fingerprint density at radius 2 is 2.00 bits per heavy atom. The molecule has 0 radical (unpaired) electrons. The van der Waals surface area contributed by atoms with Crippen molar-refractivity contribution in [2.45, 2.75) is 51.4 Å². The van der Waals surface area contributed by atoms with Crippen LogP contribution in [0.3, 0.4) is 0 Å². The van der Waals surface area contributed by atoms with E-state index in [4.69, 9.17) is 9.47 Å². The van der Waals surface area contributed by atoms with E-state index in [1.807, 2.05) is 45.0 Å². The second-order valence-electron chi connectivity index (χ2n) is 5.36. The maximum Gasteiger partial charge on any atom is 0.119 e. The molecule has 2 unspecified atom stereocenters. The Hall–Kier alpha value is -1.06. The Morgan fingerprint density at radius 3 is 2.56 bits per heavy atom. The molecule has 2 rings (SSSR count). The van der Waals surface area contributed by atoms with Crippen LogP contribution >= 0.6 is 0 Å². The zero-order valence-corrected chi connectivity index (χ0v) is 11.3. The second kappa shape index (κ2) is 5.29. The lowest BCUT2D eigenvalue weighted by Crippen LogP contribution is -2.37. The molecular formula is C15H22O3. The van der Waals surface area contributed by atoms with Crippen molar-refractivity contribution in [3.05, 3.63) is 29.8 Å². The molecule has 0 saturated carbocycles. The van der Waals surface area contributed by atoms with E-state index in [2.05, 4.69) is 0 Å². The molecule has 0 bridgehead atoms. The lowest BCUT2D eigenvalue weighted by molar-refractivity contribution is -0.101. The molecule has 3 heteroatoms. The molecule has 0 amide bonds. The topological polar surface area (TPSA) is 38.7 Å². The van der Waals surface area contributed by atoms with Gasteiger partial charge in [0.05, 0.1) is 24.4 Å². The van der Waals surface area contributed by atoms with Gasteiger partial charge in [-0.05, 0) is 38.5 Å². The van der Waals surface area contributed by atoms with Crippen molar-refractivity contribution in [2.75, 3.05) is 6.61 Å². The van der Waals surface area contributed by atoms with Crippen molar-refractivity contribution < 1.29 is 14.6 Å². The van der Waals surface area contributed by atoms with Crippen LogP contribution < -0.4 is 4.74 Å². The third kappa shape index (κ3) is 3.03. The van der Waals surface area contributed by atoms with Gasteiger partial charge in [0, 0.05) is 12.8 Å². The quantitative estimate of drug-likeness (QED) is 0.896. The Morgan fingerprint density at radius 1 is 1.33 bits per heavy atom. The van der Waals surface area contributed by atoms with E-state index in [0.29, 0.717) is 19.4 Å². The first-order chi connectivity index (χ1) is 8.49. The fourth-order valence-electron chi connectivity index (χ4n) is 2.44. The molecule has 1 N–H and O–H groups in total. The molecule has 1 aromatic carbocycles. The summed E-state index contributed by atoms with van der Waals surface area (Å²) in [5.41, 5.74) is 0.197. The summed E-state index contributed by atoms with van der Waals surface area (Å²) in [5.74, 6) is 0.845. The van der Waals surface area contributed by atoms with Crippen molar-refractivity contribution in [3.8, 4) is 5.75 Å². The fraction of sp³-hybridized carbons (Fsp3) is 0.600. The van der Waals surface area contributed by atoms with Crippen LogP contribution in [0.4, 0.5) is 0 Å². The zero-order chi connectivity index (χ0) is 13.2. The van der Waals surface area contributed by atoms with Gasteiger partial charge in [0.25, 0.3) is 0 Å². The van der Waals surface area contributed by atoms with Gasteiger partial charge < -0.3 is 14.6 Å². The van der Waals surface area contributed by atoms with Crippen LogP contribution in [0.2, 0.25) is 0 Å². The van der Waals surface area contributed by atoms with Crippen LogP contribution in [0.15, 0.2) is 24.3 Å².